The summed E-state index contributed by atoms with van der Waals surface area (Å²) in [6.45, 7) is 5.68. The Hall–Kier alpha value is -1.32. The number of hydrogen-bond acceptors (Lipinski definition) is 1. The molecule has 118 valence electrons. The molecule has 0 radical (unpaired) electrons. The molecule has 0 atom stereocenters. The van der Waals surface area contributed by atoms with Crippen molar-refractivity contribution in [3.8, 4) is 0 Å². The second-order valence-electron chi connectivity index (χ2n) is 5.46. The Morgan fingerprint density at radius 1 is 0.955 bits per heavy atom. The van der Waals surface area contributed by atoms with Gasteiger partial charge >= 0.3 is 0 Å². The molecule has 2 aromatic rings. The minimum Gasteiger partial charge on any atom is -0.369 e. The molecule has 2 aromatic carbocycles. The fourth-order valence-corrected chi connectivity index (χ4v) is 2.26. The third-order valence-corrected chi connectivity index (χ3v) is 3.50. The van der Waals surface area contributed by atoms with Crippen molar-refractivity contribution < 1.29 is 0 Å². The third-order valence-electron chi connectivity index (χ3n) is 3.13. The summed E-state index contributed by atoms with van der Waals surface area (Å²) in [5.41, 5.74) is 2.47. The lowest BCUT2D eigenvalue weighted by molar-refractivity contribution is 0.815. The van der Waals surface area contributed by atoms with E-state index in [0.717, 1.165) is 12.4 Å². The molecule has 0 saturated heterocycles. The van der Waals surface area contributed by atoms with Crippen molar-refractivity contribution in [3.63, 3.8) is 0 Å². The summed E-state index contributed by atoms with van der Waals surface area (Å²) < 4.78 is -0.170. The maximum Gasteiger partial charge on any atom is 0.113 e. The van der Waals surface area contributed by atoms with E-state index in [1.54, 1.807) is 0 Å². The fraction of sp³-hybridized carbons (Fsp3) is 0.278. The number of hydrogen-bond donors (Lipinski definition) is 1. The van der Waals surface area contributed by atoms with Gasteiger partial charge in [-0.1, -0.05) is 76.6 Å². The monoisotopic (exact) mass is 380 g/mol. The number of aliphatic imine (C=N–C) groups is 1. The molecule has 2 rings (SSSR count). The van der Waals surface area contributed by atoms with Gasteiger partial charge in [-0.3, -0.25) is 4.99 Å². The minimum atomic E-state index is -0.170. The van der Waals surface area contributed by atoms with Crippen LogP contribution in [-0.4, -0.2) is 10.2 Å². The summed E-state index contributed by atoms with van der Waals surface area (Å²) in [5.74, 6) is 0.968. The van der Waals surface area contributed by atoms with Crippen molar-refractivity contribution in [3.05, 3.63) is 71.8 Å². The molecule has 0 spiro atoms. The van der Waals surface area contributed by atoms with Crippen LogP contribution in [0.1, 0.15) is 25.0 Å². The van der Waals surface area contributed by atoms with Crippen molar-refractivity contribution in [2.75, 3.05) is 0 Å². The van der Waals surface area contributed by atoms with Crippen molar-refractivity contribution in [1.29, 1.82) is 0 Å². The lowest BCUT2D eigenvalue weighted by Gasteiger charge is -2.21. The Balaban J connectivity index is 0.00000242. The highest BCUT2D eigenvalue weighted by Crippen LogP contribution is 2.18. The summed E-state index contributed by atoms with van der Waals surface area (Å²) in [5, 5.41) is 3.45. The maximum absolute atomic E-state index is 4.74. The van der Waals surface area contributed by atoms with Crippen LogP contribution in [0.3, 0.4) is 0 Å². The van der Waals surface area contributed by atoms with Gasteiger partial charge in [0.05, 0.1) is 10.9 Å². The van der Waals surface area contributed by atoms with Crippen LogP contribution in [0.25, 0.3) is 0 Å². The predicted octanol–water partition coefficient (Wildman–Crippen LogP) is 4.97. The van der Waals surface area contributed by atoms with Crippen LogP contribution >= 0.6 is 28.3 Å². The number of nitrogens with zero attached hydrogens (tertiary/aromatic N) is 1. The highest BCUT2D eigenvalue weighted by molar-refractivity contribution is 9.10. The lowest BCUT2D eigenvalue weighted by Crippen LogP contribution is -2.37. The molecule has 0 fully saturated rings. The normalized spacial score (nSPS) is 11.7. The van der Waals surface area contributed by atoms with Crippen LogP contribution < -0.4 is 5.32 Å². The van der Waals surface area contributed by atoms with Crippen molar-refractivity contribution in [2.45, 2.75) is 31.3 Å². The SMILES string of the molecule is CC(C)(Br)C(=NCc1ccccc1)NCc1ccccc1.Cl. The van der Waals surface area contributed by atoms with Gasteiger partial charge in [0, 0.05) is 6.54 Å². The molecule has 4 heteroatoms. The average molecular weight is 382 g/mol. The van der Waals surface area contributed by atoms with E-state index in [-0.39, 0.29) is 16.7 Å². The third kappa shape index (κ3) is 6.20. The van der Waals surface area contributed by atoms with E-state index in [1.807, 2.05) is 24.3 Å². The summed E-state index contributed by atoms with van der Waals surface area (Å²) in [7, 11) is 0. The van der Waals surface area contributed by atoms with E-state index in [1.165, 1.54) is 11.1 Å². The first kappa shape index (κ1) is 18.7. The zero-order valence-corrected chi connectivity index (χ0v) is 15.3. The molecule has 0 aliphatic carbocycles. The van der Waals surface area contributed by atoms with E-state index in [0.29, 0.717) is 6.54 Å². The number of nitrogens with one attached hydrogen (secondary N) is 1. The molecule has 0 amide bonds. The summed E-state index contributed by atoms with van der Waals surface area (Å²) in [6.07, 6.45) is 0. The smallest absolute Gasteiger partial charge is 0.113 e. The van der Waals surface area contributed by atoms with Gasteiger partial charge in [-0.2, -0.15) is 0 Å². The van der Waals surface area contributed by atoms with Gasteiger partial charge in [-0.15, -0.1) is 12.4 Å². The number of rotatable bonds is 5. The van der Waals surface area contributed by atoms with Gasteiger partial charge in [-0.05, 0) is 25.0 Å². The second kappa shape index (κ2) is 8.96. The summed E-state index contributed by atoms with van der Waals surface area (Å²) >= 11 is 3.70. The molecule has 0 saturated carbocycles. The van der Waals surface area contributed by atoms with Crippen molar-refractivity contribution in [2.24, 2.45) is 4.99 Å². The molecule has 0 aromatic heterocycles. The number of alkyl halides is 1. The number of benzene rings is 2. The molecule has 2 nitrogen and oxygen atoms in total. The molecule has 0 aliphatic heterocycles. The first-order valence-corrected chi connectivity index (χ1v) is 7.90. The Morgan fingerprint density at radius 2 is 1.45 bits per heavy atom. The summed E-state index contributed by atoms with van der Waals surface area (Å²) in [4.78, 5) is 4.74. The highest BCUT2D eigenvalue weighted by Gasteiger charge is 2.20. The first-order valence-electron chi connectivity index (χ1n) is 7.11. The maximum atomic E-state index is 4.74. The zero-order valence-electron chi connectivity index (χ0n) is 12.9. The minimum absolute atomic E-state index is 0. The molecule has 0 bridgehead atoms. The molecule has 1 N–H and O–H groups in total. The van der Waals surface area contributed by atoms with Gasteiger partial charge in [0.2, 0.25) is 0 Å². The molecule has 22 heavy (non-hydrogen) atoms. The van der Waals surface area contributed by atoms with E-state index in [4.69, 9.17) is 4.99 Å². The quantitative estimate of drug-likeness (QED) is 0.441. The van der Waals surface area contributed by atoms with Gasteiger partial charge in [0.1, 0.15) is 5.84 Å². The average Bonchev–Trinajstić information content (AvgIpc) is 2.48. The Bertz CT molecular complexity index is 577. The predicted molar refractivity (Wildman–Crippen MR) is 101 cm³/mol. The van der Waals surface area contributed by atoms with Gasteiger partial charge in [-0.25, -0.2) is 0 Å². The van der Waals surface area contributed by atoms with Crippen LogP contribution in [0.2, 0.25) is 0 Å². The van der Waals surface area contributed by atoms with Crippen LogP contribution in [0.4, 0.5) is 0 Å². The molecule has 0 unspecified atom stereocenters. The lowest BCUT2D eigenvalue weighted by atomic mass is 10.1. The topological polar surface area (TPSA) is 24.4 Å². The summed E-state index contributed by atoms with van der Waals surface area (Å²) in [6, 6.07) is 20.7. The highest BCUT2D eigenvalue weighted by atomic mass is 79.9. The Morgan fingerprint density at radius 3 is 1.95 bits per heavy atom. The van der Waals surface area contributed by atoms with Crippen LogP contribution in [0.5, 0.6) is 0 Å². The van der Waals surface area contributed by atoms with Crippen LogP contribution in [0.15, 0.2) is 65.7 Å². The van der Waals surface area contributed by atoms with Gasteiger partial charge in [0.25, 0.3) is 0 Å². The first-order chi connectivity index (χ1) is 10.1. The van der Waals surface area contributed by atoms with Crippen molar-refractivity contribution in [1.82, 2.24) is 5.32 Å². The van der Waals surface area contributed by atoms with Crippen molar-refractivity contribution >= 4 is 34.2 Å². The molecule has 0 aliphatic rings. The largest absolute Gasteiger partial charge is 0.369 e. The van der Waals surface area contributed by atoms with E-state index >= 15 is 0 Å². The van der Waals surface area contributed by atoms with Gasteiger partial charge < -0.3 is 5.32 Å². The van der Waals surface area contributed by atoms with E-state index in [2.05, 4.69) is 71.5 Å². The molecule has 0 heterocycles. The fourth-order valence-electron chi connectivity index (χ4n) is 1.99. The number of halogens is 2. The van der Waals surface area contributed by atoms with E-state index < -0.39 is 0 Å². The zero-order chi connectivity index (χ0) is 15.1. The second-order valence-corrected chi connectivity index (χ2v) is 7.44. The van der Waals surface area contributed by atoms with E-state index in [9.17, 15) is 0 Å². The Kier molecular flexibility index (Phi) is 7.63. The van der Waals surface area contributed by atoms with Crippen LogP contribution in [0, 0.1) is 0 Å². The van der Waals surface area contributed by atoms with Crippen LogP contribution in [-0.2, 0) is 13.1 Å². The standard InChI is InChI=1S/C18H21BrN2.ClH/c1-18(2,19)17(20-13-15-9-5-3-6-10-15)21-14-16-11-7-4-8-12-16;/h3-12H,13-14H2,1-2H3,(H,20,21);1H. The van der Waals surface area contributed by atoms with Gasteiger partial charge in [0.15, 0.2) is 0 Å². The molecular formula is C18H22BrClN2. The number of amidine groups is 1. The Labute approximate surface area is 147 Å². The molecular weight excluding hydrogens is 360 g/mol.